The van der Waals surface area contributed by atoms with E-state index < -0.39 is 9.84 Å². The third-order valence-corrected chi connectivity index (χ3v) is 5.05. The number of rotatable bonds is 8. The van der Waals surface area contributed by atoms with E-state index in [1.165, 1.54) is 18.4 Å². The van der Waals surface area contributed by atoms with Crippen LogP contribution in [0.3, 0.4) is 0 Å². The maximum Gasteiger partial charge on any atom is 0.216 e. The van der Waals surface area contributed by atoms with E-state index in [2.05, 4.69) is 41.4 Å². The molecule has 0 fully saturated rings. The summed E-state index contributed by atoms with van der Waals surface area (Å²) in [5, 5.41) is 6.34. The Morgan fingerprint density at radius 1 is 1.21 bits per heavy atom. The summed E-state index contributed by atoms with van der Waals surface area (Å²) < 4.78 is 34.3. The molecule has 0 radical (unpaired) electrons. The topological polar surface area (TPSA) is 106 Å². The molecule has 0 amide bonds. The largest absolute Gasteiger partial charge is 0.492 e. The fourth-order valence-corrected chi connectivity index (χ4v) is 2.97. The van der Waals surface area contributed by atoms with Crippen LogP contribution < -0.4 is 15.4 Å². The molecule has 2 aromatic rings. The molecule has 8 nitrogen and oxygen atoms in total. The molecule has 0 unspecified atom stereocenters. The molecule has 0 aliphatic heterocycles. The molecule has 0 saturated carbocycles. The average molecular weight is 423 g/mol. The molecule has 0 aliphatic rings. The van der Waals surface area contributed by atoms with Crippen molar-refractivity contribution in [1.82, 2.24) is 15.6 Å². The van der Waals surface area contributed by atoms with Gasteiger partial charge in [0.15, 0.2) is 15.8 Å². The molecule has 9 heteroatoms. The fraction of sp³-hybridized carbons (Fsp3) is 0.500. The molecule has 0 bridgehead atoms. The van der Waals surface area contributed by atoms with Crippen LogP contribution in [0.4, 0.5) is 0 Å². The number of benzene rings is 1. The Morgan fingerprint density at radius 2 is 1.90 bits per heavy atom. The van der Waals surface area contributed by atoms with E-state index in [9.17, 15) is 8.42 Å². The summed E-state index contributed by atoms with van der Waals surface area (Å²) in [6.45, 7) is 10.2. The lowest BCUT2D eigenvalue weighted by Gasteiger charge is -2.13. The van der Waals surface area contributed by atoms with E-state index in [0.717, 1.165) is 12.3 Å². The summed E-state index contributed by atoms with van der Waals surface area (Å²) in [6, 6.07) is 6.35. The number of aliphatic imine (C=N–C) groups is 1. The van der Waals surface area contributed by atoms with Crippen LogP contribution in [0.1, 0.15) is 39.3 Å². The van der Waals surface area contributed by atoms with Gasteiger partial charge in [-0.3, -0.25) is 0 Å². The number of aromatic nitrogens is 1. The van der Waals surface area contributed by atoms with Gasteiger partial charge in [0.1, 0.15) is 24.7 Å². The van der Waals surface area contributed by atoms with E-state index in [-0.39, 0.29) is 10.3 Å². The summed E-state index contributed by atoms with van der Waals surface area (Å²) >= 11 is 0. The second kappa shape index (κ2) is 9.78. The van der Waals surface area contributed by atoms with Crippen molar-refractivity contribution in [2.24, 2.45) is 4.99 Å². The number of sulfone groups is 1. The van der Waals surface area contributed by atoms with Gasteiger partial charge in [-0.2, -0.15) is 0 Å². The molecular weight excluding hydrogens is 392 g/mol. The minimum atomic E-state index is -3.20. The van der Waals surface area contributed by atoms with Crippen molar-refractivity contribution in [3.8, 4) is 5.75 Å². The highest BCUT2D eigenvalue weighted by atomic mass is 32.2. The van der Waals surface area contributed by atoms with E-state index in [1.54, 1.807) is 18.3 Å². The predicted molar refractivity (Wildman–Crippen MR) is 113 cm³/mol. The molecule has 1 aromatic carbocycles. The SMILES string of the molecule is CCNC(=NCc1ncc(C(C)(C)C)o1)NCCOc1ccc(S(C)(=O)=O)cc1. The normalized spacial score (nSPS) is 12.7. The molecule has 0 atom stereocenters. The smallest absolute Gasteiger partial charge is 0.216 e. The maximum absolute atomic E-state index is 11.5. The first-order valence-corrected chi connectivity index (χ1v) is 11.4. The Kier molecular flexibility index (Phi) is 7.66. The summed E-state index contributed by atoms with van der Waals surface area (Å²) in [6.07, 6.45) is 2.92. The first kappa shape index (κ1) is 22.7. The van der Waals surface area contributed by atoms with Crippen molar-refractivity contribution in [3.05, 3.63) is 42.1 Å². The summed E-state index contributed by atoms with van der Waals surface area (Å²) in [5.74, 6) is 2.64. The van der Waals surface area contributed by atoms with E-state index in [1.807, 2.05) is 6.92 Å². The number of ether oxygens (including phenoxy) is 1. The van der Waals surface area contributed by atoms with E-state index in [0.29, 0.717) is 37.3 Å². The van der Waals surface area contributed by atoms with Gasteiger partial charge in [0.05, 0.1) is 17.6 Å². The highest BCUT2D eigenvalue weighted by molar-refractivity contribution is 7.90. The highest BCUT2D eigenvalue weighted by Crippen LogP contribution is 2.22. The summed E-state index contributed by atoms with van der Waals surface area (Å²) in [7, 11) is -3.20. The quantitative estimate of drug-likeness (QED) is 0.382. The lowest BCUT2D eigenvalue weighted by Crippen LogP contribution is -2.39. The lowest BCUT2D eigenvalue weighted by atomic mass is 9.94. The van der Waals surface area contributed by atoms with Crippen LogP contribution in [-0.4, -0.2) is 45.3 Å². The monoisotopic (exact) mass is 422 g/mol. The Hall–Kier alpha value is -2.55. The number of nitrogens with one attached hydrogen (secondary N) is 2. The lowest BCUT2D eigenvalue weighted by molar-refractivity contribution is 0.321. The van der Waals surface area contributed by atoms with Crippen LogP contribution >= 0.6 is 0 Å². The van der Waals surface area contributed by atoms with Crippen molar-refractivity contribution >= 4 is 15.8 Å². The van der Waals surface area contributed by atoms with Crippen molar-refractivity contribution in [2.75, 3.05) is 26.0 Å². The Morgan fingerprint density at radius 3 is 2.45 bits per heavy atom. The van der Waals surface area contributed by atoms with Crippen LogP contribution in [0, 0.1) is 0 Å². The molecule has 1 heterocycles. The van der Waals surface area contributed by atoms with Gasteiger partial charge in [0.25, 0.3) is 0 Å². The van der Waals surface area contributed by atoms with E-state index >= 15 is 0 Å². The maximum atomic E-state index is 11.5. The molecule has 0 spiro atoms. The third kappa shape index (κ3) is 7.41. The molecular formula is C20H30N4O4S. The van der Waals surface area contributed by atoms with Gasteiger partial charge in [-0.05, 0) is 31.2 Å². The molecule has 0 saturated heterocycles. The molecule has 1 aromatic heterocycles. The Balaban J connectivity index is 1.84. The van der Waals surface area contributed by atoms with Crippen molar-refractivity contribution in [1.29, 1.82) is 0 Å². The van der Waals surface area contributed by atoms with Gasteiger partial charge in [-0.25, -0.2) is 18.4 Å². The van der Waals surface area contributed by atoms with Gasteiger partial charge >= 0.3 is 0 Å². The van der Waals surface area contributed by atoms with Crippen molar-refractivity contribution in [3.63, 3.8) is 0 Å². The van der Waals surface area contributed by atoms with Crippen LogP contribution in [0.5, 0.6) is 5.75 Å². The second-order valence-electron chi connectivity index (χ2n) is 7.58. The second-order valence-corrected chi connectivity index (χ2v) is 9.60. The van der Waals surface area contributed by atoms with Crippen LogP contribution in [0.2, 0.25) is 0 Å². The molecule has 2 N–H and O–H groups in total. The first-order chi connectivity index (χ1) is 13.6. The number of hydrogen-bond acceptors (Lipinski definition) is 6. The standard InChI is InChI=1S/C20H30N4O4S/c1-6-21-19(24-14-18-23-13-17(28-18)20(2,3)4)22-11-12-27-15-7-9-16(10-8-15)29(5,25)26/h7-10,13H,6,11-12,14H2,1-5H3,(H2,21,22,24). The van der Waals surface area contributed by atoms with Gasteiger partial charge in [-0.1, -0.05) is 20.8 Å². The third-order valence-electron chi connectivity index (χ3n) is 3.92. The van der Waals surface area contributed by atoms with Gasteiger partial charge in [-0.15, -0.1) is 0 Å². The predicted octanol–water partition coefficient (Wildman–Crippen LogP) is 2.51. The number of hydrogen-bond donors (Lipinski definition) is 2. The van der Waals surface area contributed by atoms with Crippen LogP contribution in [0.15, 0.2) is 44.8 Å². The Bertz CT molecular complexity index is 913. The molecule has 2 rings (SSSR count). The number of nitrogens with zero attached hydrogens (tertiary/aromatic N) is 2. The zero-order valence-corrected chi connectivity index (χ0v) is 18.5. The van der Waals surface area contributed by atoms with Gasteiger partial charge in [0.2, 0.25) is 5.89 Å². The zero-order chi connectivity index (χ0) is 21.5. The van der Waals surface area contributed by atoms with Gasteiger partial charge < -0.3 is 19.8 Å². The van der Waals surface area contributed by atoms with Crippen molar-refractivity contribution < 1.29 is 17.6 Å². The molecule has 29 heavy (non-hydrogen) atoms. The number of guanidine groups is 1. The summed E-state index contributed by atoms with van der Waals surface area (Å²) in [5.41, 5.74) is -0.0887. The first-order valence-electron chi connectivity index (χ1n) is 9.50. The van der Waals surface area contributed by atoms with Crippen LogP contribution in [-0.2, 0) is 21.8 Å². The minimum absolute atomic E-state index is 0.0887. The molecule has 160 valence electrons. The molecule has 0 aliphatic carbocycles. The summed E-state index contributed by atoms with van der Waals surface area (Å²) in [4.78, 5) is 9.03. The highest BCUT2D eigenvalue weighted by Gasteiger charge is 2.19. The fourth-order valence-electron chi connectivity index (χ4n) is 2.34. The Labute approximate surface area is 172 Å². The number of oxazole rings is 1. The average Bonchev–Trinajstić information content (AvgIpc) is 3.12. The van der Waals surface area contributed by atoms with E-state index in [4.69, 9.17) is 9.15 Å². The minimum Gasteiger partial charge on any atom is -0.492 e. The van der Waals surface area contributed by atoms with Gasteiger partial charge in [0, 0.05) is 18.2 Å². The van der Waals surface area contributed by atoms with Crippen LogP contribution in [0.25, 0.3) is 0 Å². The zero-order valence-electron chi connectivity index (χ0n) is 17.7. The van der Waals surface area contributed by atoms with Crippen molar-refractivity contribution in [2.45, 2.75) is 44.6 Å².